The molecule has 74 valence electrons. The van der Waals surface area contributed by atoms with Crippen LogP contribution in [0.3, 0.4) is 0 Å². The van der Waals surface area contributed by atoms with Crippen molar-refractivity contribution in [3.8, 4) is 0 Å². The van der Waals surface area contributed by atoms with Crippen LogP contribution in [0.1, 0.15) is 39.0 Å². The zero-order valence-electron chi connectivity index (χ0n) is 8.02. The van der Waals surface area contributed by atoms with E-state index in [0.29, 0.717) is 22.6 Å². The van der Waals surface area contributed by atoms with E-state index >= 15 is 0 Å². The molecule has 0 nitrogen and oxygen atoms in total. The van der Waals surface area contributed by atoms with Crippen LogP contribution < -0.4 is 0 Å². The number of hydrogen-bond donors (Lipinski definition) is 0. The summed E-state index contributed by atoms with van der Waals surface area (Å²) >= 11 is 13.1. The fourth-order valence-electron chi connectivity index (χ4n) is 4.41. The molecule has 0 saturated heterocycles. The van der Waals surface area contributed by atoms with Crippen LogP contribution in [0.15, 0.2) is 0 Å². The molecule has 0 N–H and O–H groups in total. The zero-order chi connectivity index (χ0) is 9.27. The van der Waals surface area contributed by atoms with Crippen LogP contribution in [0.5, 0.6) is 0 Å². The molecule has 0 spiro atoms. The van der Waals surface area contributed by atoms with Crippen LogP contribution in [0.4, 0.5) is 0 Å². The van der Waals surface area contributed by atoms with Crippen molar-refractivity contribution in [3.63, 3.8) is 0 Å². The van der Waals surface area contributed by atoms with Gasteiger partial charge in [-0.25, -0.2) is 0 Å². The van der Waals surface area contributed by atoms with Crippen LogP contribution in [0.2, 0.25) is 0 Å². The van der Waals surface area contributed by atoms with E-state index in [-0.39, 0.29) is 4.87 Å². The first-order valence-corrected chi connectivity index (χ1v) is 6.14. The topological polar surface area (TPSA) is 0 Å². The van der Waals surface area contributed by atoms with E-state index in [2.05, 4.69) is 6.92 Å². The highest BCUT2D eigenvalue weighted by Gasteiger charge is 2.58. The smallest absolute Gasteiger partial charge is 0.0458 e. The molecule has 4 rings (SSSR count). The molecule has 0 aromatic heterocycles. The summed E-state index contributed by atoms with van der Waals surface area (Å²) in [6.45, 7) is 2.41. The van der Waals surface area contributed by atoms with Gasteiger partial charge in [-0.3, -0.25) is 0 Å². The first-order valence-electron chi connectivity index (χ1n) is 5.33. The molecular formula is C11H16Cl2. The second-order valence-corrected chi connectivity index (χ2v) is 7.23. The Kier molecular flexibility index (Phi) is 1.63. The van der Waals surface area contributed by atoms with E-state index in [1.807, 2.05) is 0 Å². The number of halogens is 2. The fraction of sp³-hybridized carbons (Fsp3) is 1.00. The summed E-state index contributed by atoms with van der Waals surface area (Å²) in [5, 5.41) is 0.431. The summed E-state index contributed by atoms with van der Waals surface area (Å²) in [5.41, 5.74) is 0.527. The molecule has 4 bridgehead atoms. The summed E-state index contributed by atoms with van der Waals surface area (Å²) in [7, 11) is 0. The van der Waals surface area contributed by atoms with Gasteiger partial charge in [-0.05, 0) is 49.4 Å². The van der Waals surface area contributed by atoms with E-state index in [0.717, 1.165) is 0 Å². The van der Waals surface area contributed by atoms with Crippen molar-refractivity contribution < 1.29 is 0 Å². The third-order valence-electron chi connectivity index (χ3n) is 4.41. The van der Waals surface area contributed by atoms with Crippen molar-refractivity contribution in [2.75, 3.05) is 0 Å². The zero-order valence-corrected chi connectivity index (χ0v) is 9.54. The van der Waals surface area contributed by atoms with Gasteiger partial charge in [-0.15, -0.1) is 23.2 Å². The average Bonchev–Trinajstić information content (AvgIpc) is 1.94. The summed E-state index contributed by atoms with van der Waals surface area (Å²) < 4.78 is 0. The normalized spacial score (nSPS) is 64.4. The molecule has 0 heterocycles. The van der Waals surface area contributed by atoms with Gasteiger partial charge in [0.2, 0.25) is 0 Å². The minimum absolute atomic E-state index is 0.131. The van der Waals surface area contributed by atoms with Gasteiger partial charge in [0.05, 0.1) is 0 Å². The third kappa shape index (κ3) is 1.18. The molecule has 2 heteroatoms. The minimum Gasteiger partial charge on any atom is -0.122 e. The maximum Gasteiger partial charge on any atom is 0.0458 e. The molecule has 0 aromatic rings. The number of alkyl halides is 2. The minimum atomic E-state index is 0.131. The summed E-state index contributed by atoms with van der Waals surface area (Å²) in [4.78, 5) is 0.131. The second-order valence-electron chi connectivity index (χ2n) is 5.92. The largest absolute Gasteiger partial charge is 0.122 e. The maximum absolute atomic E-state index is 6.63. The van der Waals surface area contributed by atoms with Gasteiger partial charge in [-0.2, -0.15) is 0 Å². The molecular weight excluding hydrogens is 203 g/mol. The highest BCUT2D eigenvalue weighted by molar-refractivity contribution is 6.25. The Morgan fingerprint density at radius 1 is 1.08 bits per heavy atom. The van der Waals surface area contributed by atoms with Crippen LogP contribution in [-0.4, -0.2) is 10.3 Å². The van der Waals surface area contributed by atoms with Gasteiger partial charge in [-0.1, -0.05) is 6.92 Å². The Labute approximate surface area is 90.0 Å². The Morgan fingerprint density at radius 3 is 2.08 bits per heavy atom. The highest BCUT2D eigenvalue weighted by Crippen LogP contribution is 2.64. The number of hydrogen-bond acceptors (Lipinski definition) is 0. The molecule has 0 amide bonds. The number of rotatable bonds is 0. The molecule has 0 aromatic carbocycles. The maximum atomic E-state index is 6.63. The predicted molar refractivity (Wildman–Crippen MR) is 56.4 cm³/mol. The summed E-state index contributed by atoms with van der Waals surface area (Å²) in [6.07, 6.45) is 6.24. The van der Waals surface area contributed by atoms with E-state index in [1.54, 1.807) is 0 Å². The molecule has 13 heavy (non-hydrogen) atoms. The Bertz CT molecular complexity index is 212. The predicted octanol–water partition coefficient (Wildman–Crippen LogP) is 3.80. The third-order valence-corrected chi connectivity index (χ3v) is 5.57. The van der Waals surface area contributed by atoms with Crippen LogP contribution in [0.25, 0.3) is 0 Å². The first kappa shape index (κ1) is 8.85. The average molecular weight is 219 g/mol. The lowest BCUT2D eigenvalue weighted by molar-refractivity contribution is -0.0242. The van der Waals surface area contributed by atoms with Gasteiger partial charge < -0.3 is 0 Å². The molecule has 0 aliphatic heterocycles. The molecule has 0 radical (unpaired) electrons. The van der Waals surface area contributed by atoms with E-state index in [1.165, 1.54) is 32.1 Å². The Hall–Kier alpha value is 0.580. The SMILES string of the molecule is CC12CC3CC(Cl)(CC(C1)C3Cl)C2. The van der Waals surface area contributed by atoms with Gasteiger partial charge in [0.15, 0.2) is 0 Å². The molecule has 4 aliphatic carbocycles. The van der Waals surface area contributed by atoms with E-state index in [4.69, 9.17) is 23.2 Å². The van der Waals surface area contributed by atoms with Crippen molar-refractivity contribution in [1.29, 1.82) is 0 Å². The van der Waals surface area contributed by atoms with Crippen LogP contribution in [-0.2, 0) is 0 Å². The van der Waals surface area contributed by atoms with Gasteiger partial charge >= 0.3 is 0 Å². The Balaban J connectivity index is 1.99. The van der Waals surface area contributed by atoms with Gasteiger partial charge in [0.25, 0.3) is 0 Å². The van der Waals surface area contributed by atoms with Crippen molar-refractivity contribution >= 4 is 23.2 Å². The van der Waals surface area contributed by atoms with Crippen molar-refractivity contribution in [2.24, 2.45) is 17.3 Å². The van der Waals surface area contributed by atoms with Gasteiger partial charge in [0.1, 0.15) is 0 Å². The van der Waals surface area contributed by atoms with E-state index in [9.17, 15) is 0 Å². The first-order chi connectivity index (χ1) is 6.00. The lowest BCUT2D eigenvalue weighted by Crippen LogP contribution is -2.56. The quantitative estimate of drug-likeness (QED) is 0.543. The fourth-order valence-corrected chi connectivity index (χ4v) is 5.48. The van der Waals surface area contributed by atoms with Crippen molar-refractivity contribution in [2.45, 2.75) is 49.3 Å². The summed E-state index contributed by atoms with van der Waals surface area (Å²) in [5.74, 6) is 1.43. The molecule has 4 fully saturated rings. The van der Waals surface area contributed by atoms with Crippen molar-refractivity contribution in [1.82, 2.24) is 0 Å². The van der Waals surface area contributed by atoms with Gasteiger partial charge in [0, 0.05) is 10.3 Å². The lowest BCUT2D eigenvalue weighted by atomic mass is 9.50. The van der Waals surface area contributed by atoms with Crippen LogP contribution in [0, 0.1) is 17.3 Å². The lowest BCUT2D eigenvalue weighted by Gasteiger charge is -2.60. The highest BCUT2D eigenvalue weighted by atomic mass is 35.5. The standard InChI is InChI=1S/C11H16Cl2/c1-10-2-7-4-11(13,6-10)5-8(3-10)9(7)12/h7-9H,2-6H2,1H3. The monoisotopic (exact) mass is 218 g/mol. The summed E-state index contributed by atoms with van der Waals surface area (Å²) in [6, 6.07) is 0. The molecule has 4 saturated carbocycles. The Morgan fingerprint density at radius 2 is 1.62 bits per heavy atom. The molecule has 4 aliphatic rings. The van der Waals surface area contributed by atoms with Crippen molar-refractivity contribution in [3.05, 3.63) is 0 Å². The second kappa shape index (κ2) is 2.39. The molecule has 2 unspecified atom stereocenters. The molecule has 2 atom stereocenters. The van der Waals surface area contributed by atoms with E-state index < -0.39 is 0 Å². The van der Waals surface area contributed by atoms with Crippen LogP contribution >= 0.6 is 23.2 Å².